The van der Waals surface area contributed by atoms with Gasteiger partial charge in [0.05, 0.1) is 6.54 Å². The lowest BCUT2D eigenvalue weighted by Crippen LogP contribution is -2.38. The van der Waals surface area contributed by atoms with Crippen molar-refractivity contribution in [2.24, 2.45) is 4.99 Å². The lowest BCUT2D eigenvalue weighted by molar-refractivity contribution is 0.477. The Bertz CT molecular complexity index is 545. The normalized spacial score (nSPS) is 11.7. The van der Waals surface area contributed by atoms with Gasteiger partial charge in [0, 0.05) is 31.2 Å². The maximum atomic E-state index is 4.66. The van der Waals surface area contributed by atoms with Crippen LogP contribution in [0, 0.1) is 6.92 Å². The van der Waals surface area contributed by atoms with Crippen molar-refractivity contribution >= 4 is 28.6 Å². The van der Waals surface area contributed by atoms with Crippen LogP contribution in [0.3, 0.4) is 0 Å². The SMILES string of the molecule is CCNC(=NCc1ncc(C)s1)N(C)Cc1ccsc1. The van der Waals surface area contributed by atoms with Crippen LogP contribution in [0.25, 0.3) is 0 Å². The van der Waals surface area contributed by atoms with Crippen LogP contribution in [0.15, 0.2) is 28.0 Å². The molecule has 0 radical (unpaired) electrons. The zero-order valence-electron chi connectivity index (χ0n) is 12.1. The van der Waals surface area contributed by atoms with Crippen LogP contribution in [-0.4, -0.2) is 29.4 Å². The Kier molecular flexibility index (Phi) is 5.55. The van der Waals surface area contributed by atoms with Crippen LogP contribution < -0.4 is 5.32 Å². The molecule has 0 saturated heterocycles. The number of aliphatic imine (C=N–C) groups is 1. The molecule has 2 rings (SSSR count). The van der Waals surface area contributed by atoms with Crippen LogP contribution >= 0.6 is 22.7 Å². The number of rotatable bonds is 5. The van der Waals surface area contributed by atoms with E-state index in [1.54, 1.807) is 22.7 Å². The molecule has 1 N–H and O–H groups in total. The van der Waals surface area contributed by atoms with Gasteiger partial charge in [-0.05, 0) is 36.2 Å². The van der Waals surface area contributed by atoms with Crippen molar-refractivity contribution in [2.45, 2.75) is 26.9 Å². The van der Waals surface area contributed by atoms with E-state index < -0.39 is 0 Å². The maximum absolute atomic E-state index is 4.66. The average Bonchev–Trinajstić information content (AvgIpc) is 3.06. The smallest absolute Gasteiger partial charge is 0.194 e. The summed E-state index contributed by atoms with van der Waals surface area (Å²) in [6.07, 6.45) is 1.90. The molecule has 108 valence electrons. The molecule has 4 nitrogen and oxygen atoms in total. The second kappa shape index (κ2) is 7.40. The van der Waals surface area contributed by atoms with Crippen molar-refractivity contribution in [2.75, 3.05) is 13.6 Å². The fraction of sp³-hybridized carbons (Fsp3) is 0.429. The van der Waals surface area contributed by atoms with Gasteiger partial charge in [-0.1, -0.05) is 0 Å². The minimum absolute atomic E-state index is 0.634. The molecule has 2 heterocycles. The van der Waals surface area contributed by atoms with Gasteiger partial charge in [-0.2, -0.15) is 11.3 Å². The van der Waals surface area contributed by atoms with Crippen molar-refractivity contribution in [1.82, 2.24) is 15.2 Å². The molecule has 2 aromatic heterocycles. The Morgan fingerprint density at radius 2 is 2.35 bits per heavy atom. The summed E-state index contributed by atoms with van der Waals surface area (Å²) in [6, 6.07) is 2.15. The molecule has 20 heavy (non-hydrogen) atoms. The first-order valence-electron chi connectivity index (χ1n) is 6.61. The third-order valence-electron chi connectivity index (χ3n) is 2.73. The van der Waals surface area contributed by atoms with Crippen molar-refractivity contribution in [3.8, 4) is 0 Å². The number of guanidine groups is 1. The molecular weight excluding hydrogens is 288 g/mol. The van der Waals surface area contributed by atoms with Gasteiger partial charge >= 0.3 is 0 Å². The number of hydrogen-bond donors (Lipinski definition) is 1. The van der Waals surface area contributed by atoms with Gasteiger partial charge < -0.3 is 10.2 Å². The number of nitrogens with one attached hydrogen (secondary N) is 1. The van der Waals surface area contributed by atoms with Crippen LogP contribution in [0.1, 0.15) is 22.4 Å². The Morgan fingerprint density at radius 3 is 2.95 bits per heavy atom. The first kappa shape index (κ1) is 15.0. The topological polar surface area (TPSA) is 40.5 Å². The number of hydrogen-bond acceptors (Lipinski definition) is 4. The van der Waals surface area contributed by atoms with Crippen molar-refractivity contribution in [3.63, 3.8) is 0 Å². The summed E-state index contributed by atoms with van der Waals surface area (Å²) in [4.78, 5) is 12.4. The molecule has 2 aromatic rings. The Labute approximate surface area is 128 Å². The van der Waals surface area contributed by atoms with Crippen LogP contribution in [-0.2, 0) is 13.1 Å². The van der Waals surface area contributed by atoms with E-state index in [0.717, 1.165) is 24.1 Å². The lowest BCUT2D eigenvalue weighted by atomic mass is 10.3. The first-order valence-corrected chi connectivity index (χ1v) is 8.36. The molecule has 0 fully saturated rings. The van der Waals surface area contributed by atoms with Gasteiger partial charge in [0.2, 0.25) is 0 Å². The Morgan fingerprint density at radius 1 is 1.50 bits per heavy atom. The second-order valence-corrected chi connectivity index (χ2v) is 6.62. The van der Waals surface area contributed by atoms with Gasteiger partial charge in [0.25, 0.3) is 0 Å². The summed E-state index contributed by atoms with van der Waals surface area (Å²) in [5, 5.41) is 8.66. The molecule has 0 spiro atoms. The quantitative estimate of drug-likeness (QED) is 0.681. The number of aromatic nitrogens is 1. The van der Waals surface area contributed by atoms with Crippen molar-refractivity contribution in [1.29, 1.82) is 0 Å². The molecule has 0 atom stereocenters. The van der Waals surface area contributed by atoms with Crippen molar-refractivity contribution < 1.29 is 0 Å². The molecule has 0 aliphatic carbocycles. The highest BCUT2D eigenvalue weighted by Gasteiger charge is 2.07. The molecule has 0 aromatic carbocycles. The molecule has 0 unspecified atom stereocenters. The Hall–Kier alpha value is -1.40. The van der Waals surface area contributed by atoms with Crippen LogP contribution in [0.4, 0.5) is 0 Å². The summed E-state index contributed by atoms with van der Waals surface area (Å²) in [6.45, 7) is 6.52. The molecule has 0 amide bonds. The van der Waals surface area contributed by atoms with Crippen LogP contribution in [0.5, 0.6) is 0 Å². The monoisotopic (exact) mass is 308 g/mol. The van der Waals surface area contributed by atoms with Crippen molar-refractivity contribution in [3.05, 3.63) is 38.5 Å². The van der Waals surface area contributed by atoms with E-state index in [4.69, 9.17) is 0 Å². The largest absolute Gasteiger partial charge is 0.357 e. The van der Waals surface area contributed by atoms with E-state index in [1.165, 1.54) is 10.4 Å². The first-order chi connectivity index (χ1) is 9.69. The molecule has 6 heteroatoms. The number of thiazole rings is 1. The van der Waals surface area contributed by atoms with E-state index in [2.05, 4.69) is 57.9 Å². The highest BCUT2D eigenvalue weighted by atomic mass is 32.1. The predicted octanol–water partition coefficient (Wildman–Crippen LogP) is 3.11. The fourth-order valence-electron chi connectivity index (χ4n) is 1.82. The van der Waals surface area contributed by atoms with Gasteiger partial charge in [-0.15, -0.1) is 11.3 Å². The summed E-state index contributed by atoms with van der Waals surface area (Å²) < 4.78 is 0. The number of nitrogens with zero attached hydrogens (tertiary/aromatic N) is 3. The van der Waals surface area contributed by atoms with E-state index in [9.17, 15) is 0 Å². The minimum Gasteiger partial charge on any atom is -0.357 e. The average molecular weight is 308 g/mol. The molecule has 0 saturated carbocycles. The molecule has 0 aliphatic heterocycles. The zero-order valence-corrected chi connectivity index (χ0v) is 13.7. The molecule has 0 aliphatic rings. The standard InChI is InChI=1S/C14H20N4S2/c1-4-15-14(17-8-13-16-7-11(2)20-13)18(3)9-12-5-6-19-10-12/h5-7,10H,4,8-9H2,1-3H3,(H,15,17). The second-order valence-electron chi connectivity index (χ2n) is 4.52. The highest BCUT2D eigenvalue weighted by Crippen LogP contribution is 2.13. The maximum Gasteiger partial charge on any atom is 0.194 e. The summed E-state index contributed by atoms with van der Waals surface area (Å²) >= 11 is 3.43. The minimum atomic E-state index is 0.634. The zero-order chi connectivity index (χ0) is 14.4. The van der Waals surface area contributed by atoms with Gasteiger partial charge in [-0.25, -0.2) is 9.98 Å². The Balaban J connectivity index is 2.01. The predicted molar refractivity (Wildman–Crippen MR) is 87.5 cm³/mol. The lowest BCUT2D eigenvalue weighted by Gasteiger charge is -2.21. The van der Waals surface area contributed by atoms with E-state index in [-0.39, 0.29) is 0 Å². The van der Waals surface area contributed by atoms with Crippen LogP contribution in [0.2, 0.25) is 0 Å². The van der Waals surface area contributed by atoms with E-state index in [1.807, 2.05) is 6.20 Å². The van der Waals surface area contributed by atoms with Gasteiger partial charge in [0.15, 0.2) is 5.96 Å². The summed E-state index contributed by atoms with van der Waals surface area (Å²) in [5.74, 6) is 0.923. The third-order valence-corrected chi connectivity index (χ3v) is 4.36. The molecular formula is C14H20N4S2. The highest BCUT2D eigenvalue weighted by molar-refractivity contribution is 7.11. The molecule has 0 bridgehead atoms. The fourth-order valence-corrected chi connectivity index (χ4v) is 3.19. The third kappa shape index (κ3) is 4.31. The van der Waals surface area contributed by atoms with Gasteiger partial charge in [-0.3, -0.25) is 0 Å². The summed E-state index contributed by atoms with van der Waals surface area (Å²) in [5.41, 5.74) is 1.31. The number of thiophene rings is 1. The van der Waals surface area contributed by atoms with E-state index >= 15 is 0 Å². The summed E-state index contributed by atoms with van der Waals surface area (Å²) in [7, 11) is 2.06. The van der Waals surface area contributed by atoms with E-state index in [0.29, 0.717) is 6.54 Å². The number of aryl methyl sites for hydroxylation is 1. The van der Waals surface area contributed by atoms with Gasteiger partial charge in [0.1, 0.15) is 5.01 Å².